The summed E-state index contributed by atoms with van der Waals surface area (Å²) in [6, 6.07) is 18.0. The maximum atomic E-state index is 12.7. The van der Waals surface area contributed by atoms with E-state index in [9.17, 15) is 9.59 Å². The van der Waals surface area contributed by atoms with Crippen LogP contribution in [0.1, 0.15) is 66.4 Å². The van der Waals surface area contributed by atoms with Crippen LogP contribution in [0.5, 0.6) is 0 Å². The lowest BCUT2D eigenvalue weighted by Crippen LogP contribution is -2.41. The maximum Gasteiger partial charge on any atom is 0.251 e. The van der Waals surface area contributed by atoms with Crippen molar-refractivity contribution in [3.05, 3.63) is 78.2 Å². The van der Waals surface area contributed by atoms with Crippen LogP contribution in [0.25, 0.3) is 0 Å². The molecule has 2 amide bonds. The minimum absolute atomic E-state index is 0.0642. The van der Waals surface area contributed by atoms with Crippen LogP contribution >= 0.6 is 0 Å². The predicted octanol–water partition coefficient (Wildman–Crippen LogP) is 4.52. The second-order valence-corrected chi connectivity index (χ2v) is 8.85. The van der Waals surface area contributed by atoms with Crippen molar-refractivity contribution in [3.63, 3.8) is 0 Å². The van der Waals surface area contributed by atoms with E-state index in [0.29, 0.717) is 37.7 Å². The number of amides is 2. The summed E-state index contributed by atoms with van der Waals surface area (Å²) in [5, 5.41) is 6.34. The molecule has 0 bridgehead atoms. The summed E-state index contributed by atoms with van der Waals surface area (Å²) in [4.78, 5) is 27.0. The van der Waals surface area contributed by atoms with Crippen molar-refractivity contribution in [2.75, 3.05) is 19.6 Å². The molecular formula is C28H38N3O2. The van der Waals surface area contributed by atoms with E-state index in [1.807, 2.05) is 59.5 Å². The first-order valence-corrected chi connectivity index (χ1v) is 12.4. The first-order chi connectivity index (χ1) is 16.2. The Morgan fingerprint density at radius 3 is 2.24 bits per heavy atom. The Morgan fingerprint density at radius 1 is 0.879 bits per heavy atom. The lowest BCUT2D eigenvalue weighted by Gasteiger charge is -2.30. The van der Waals surface area contributed by atoms with Crippen molar-refractivity contribution in [1.29, 1.82) is 0 Å². The molecule has 2 aromatic rings. The molecule has 0 heterocycles. The van der Waals surface area contributed by atoms with Crippen molar-refractivity contribution in [1.82, 2.24) is 15.5 Å². The van der Waals surface area contributed by atoms with Crippen molar-refractivity contribution in [3.8, 4) is 0 Å². The highest BCUT2D eigenvalue weighted by Crippen LogP contribution is 2.22. The van der Waals surface area contributed by atoms with Gasteiger partial charge in [-0.2, -0.15) is 0 Å². The van der Waals surface area contributed by atoms with Crippen LogP contribution in [-0.4, -0.2) is 42.4 Å². The van der Waals surface area contributed by atoms with Gasteiger partial charge in [0.25, 0.3) is 5.91 Å². The van der Waals surface area contributed by atoms with E-state index in [0.717, 1.165) is 31.4 Å². The summed E-state index contributed by atoms with van der Waals surface area (Å²) in [6.45, 7) is 6.58. The lowest BCUT2D eigenvalue weighted by atomic mass is 10.1. The zero-order chi connectivity index (χ0) is 23.3. The highest BCUT2D eigenvalue weighted by molar-refractivity contribution is 5.94. The molecular weight excluding hydrogens is 410 g/mol. The second-order valence-electron chi connectivity index (χ2n) is 8.85. The van der Waals surface area contributed by atoms with Gasteiger partial charge in [0, 0.05) is 37.7 Å². The van der Waals surface area contributed by atoms with E-state index in [1.54, 1.807) is 0 Å². The molecule has 2 N–H and O–H groups in total. The van der Waals surface area contributed by atoms with Crippen LogP contribution in [0.2, 0.25) is 0 Å². The average molecular weight is 449 g/mol. The minimum atomic E-state index is -0.0642. The summed E-state index contributed by atoms with van der Waals surface area (Å²) in [5.41, 5.74) is 2.92. The topological polar surface area (TPSA) is 61.4 Å². The van der Waals surface area contributed by atoms with Crippen LogP contribution in [-0.2, 0) is 17.8 Å². The molecule has 1 saturated carbocycles. The average Bonchev–Trinajstić information content (AvgIpc) is 3.13. The van der Waals surface area contributed by atoms with Gasteiger partial charge in [0.15, 0.2) is 0 Å². The van der Waals surface area contributed by atoms with Gasteiger partial charge < -0.3 is 15.5 Å². The largest absolute Gasteiger partial charge is 0.348 e. The summed E-state index contributed by atoms with van der Waals surface area (Å²) in [6.07, 6.45) is 8.64. The third-order valence-corrected chi connectivity index (χ3v) is 6.44. The Balaban J connectivity index is 1.34. The molecule has 1 fully saturated rings. The fourth-order valence-corrected chi connectivity index (χ4v) is 4.48. The van der Waals surface area contributed by atoms with Crippen LogP contribution in [0, 0.1) is 6.92 Å². The summed E-state index contributed by atoms with van der Waals surface area (Å²) in [7, 11) is 0. The van der Waals surface area contributed by atoms with Gasteiger partial charge in [-0.05, 0) is 56.0 Å². The van der Waals surface area contributed by atoms with Crippen LogP contribution in [0.4, 0.5) is 0 Å². The highest BCUT2D eigenvalue weighted by atomic mass is 16.2. The number of hydrogen-bond acceptors (Lipinski definition) is 3. The predicted molar refractivity (Wildman–Crippen MR) is 134 cm³/mol. The van der Waals surface area contributed by atoms with Gasteiger partial charge in [0.1, 0.15) is 0 Å². The summed E-state index contributed by atoms with van der Waals surface area (Å²) >= 11 is 0. The zero-order valence-corrected chi connectivity index (χ0v) is 19.7. The molecule has 0 unspecified atom stereocenters. The number of nitrogens with zero attached hydrogens (tertiary/aromatic N) is 1. The Bertz CT molecular complexity index is 843. The van der Waals surface area contributed by atoms with Gasteiger partial charge in [-0.1, -0.05) is 68.1 Å². The molecule has 1 aliphatic rings. The van der Waals surface area contributed by atoms with E-state index in [1.165, 1.54) is 31.2 Å². The molecule has 5 nitrogen and oxygen atoms in total. The van der Waals surface area contributed by atoms with Gasteiger partial charge >= 0.3 is 0 Å². The molecule has 0 spiro atoms. The quantitative estimate of drug-likeness (QED) is 0.392. The number of rotatable bonds is 11. The van der Waals surface area contributed by atoms with Crippen molar-refractivity contribution < 1.29 is 9.59 Å². The number of benzene rings is 2. The van der Waals surface area contributed by atoms with E-state index in [-0.39, 0.29) is 11.8 Å². The van der Waals surface area contributed by atoms with Crippen molar-refractivity contribution in [2.45, 2.75) is 64.0 Å². The molecule has 1 aliphatic carbocycles. The monoisotopic (exact) mass is 448 g/mol. The van der Waals surface area contributed by atoms with Gasteiger partial charge in [-0.3, -0.25) is 9.59 Å². The Hall–Kier alpha value is -2.66. The molecule has 2 aromatic carbocycles. The van der Waals surface area contributed by atoms with Gasteiger partial charge in [-0.15, -0.1) is 0 Å². The second kappa shape index (κ2) is 13.8. The Morgan fingerprint density at radius 2 is 1.58 bits per heavy atom. The normalized spacial score (nSPS) is 14.5. The van der Waals surface area contributed by atoms with Gasteiger partial charge in [0.2, 0.25) is 5.91 Å². The van der Waals surface area contributed by atoms with Crippen LogP contribution in [0.15, 0.2) is 54.6 Å². The molecule has 0 aromatic heterocycles. The molecule has 5 heteroatoms. The third kappa shape index (κ3) is 8.32. The molecule has 33 heavy (non-hydrogen) atoms. The van der Waals surface area contributed by atoms with E-state index in [2.05, 4.69) is 17.6 Å². The highest BCUT2D eigenvalue weighted by Gasteiger charge is 2.22. The van der Waals surface area contributed by atoms with Crippen molar-refractivity contribution >= 4 is 11.8 Å². The fraction of sp³-hybridized carbons (Fsp3) is 0.464. The molecule has 3 rings (SSSR count). The summed E-state index contributed by atoms with van der Waals surface area (Å²) in [5.74, 6) is 0.154. The standard InChI is InChI=1S/C28H38N3O2/c1-2-31(26-12-8-3-4-9-13-26)27(32)19-21-29-20-18-23-14-16-25(17-15-23)28(33)30-22-24-10-6-5-7-11-24/h5-7,10-11,14-17,26,29H,1-4,8-9,12-13,18-22H2,(H,30,33). The molecule has 177 valence electrons. The van der Waals surface area contributed by atoms with Gasteiger partial charge in [0.05, 0.1) is 0 Å². The van der Waals surface area contributed by atoms with Crippen LogP contribution in [0.3, 0.4) is 0 Å². The van der Waals surface area contributed by atoms with E-state index >= 15 is 0 Å². The van der Waals surface area contributed by atoms with E-state index < -0.39 is 0 Å². The number of carbonyl (C=O) groups is 2. The van der Waals surface area contributed by atoms with Crippen molar-refractivity contribution in [2.24, 2.45) is 0 Å². The lowest BCUT2D eigenvalue weighted by molar-refractivity contribution is -0.133. The molecule has 0 atom stereocenters. The Kier molecular flexibility index (Phi) is 10.4. The number of carbonyl (C=O) groups excluding carboxylic acids is 2. The smallest absolute Gasteiger partial charge is 0.251 e. The number of hydrogen-bond donors (Lipinski definition) is 2. The Labute approximate surface area is 199 Å². The first kappa shape index (κ1) is 25.0. The minimum Gasteiger partial charge on any atom is -0.348 e. The van der Waals surface area contributed by atoms with E-state index in [4.69, 9.17) is 0 Å². The molecule has 0 saturated heterocycles. The molecule has 0 aliphatic heterocycles. The SMILES string of the molecule is [CH2]CN(C(=O)CCNCCc1ccc(C(=O)NCc2ccccc2)cc1)C1CCCCCC1. The van der Waals surface area contributed by atoms with Gasteiger partial charge in [-0.25, -0.2) is 0 Å². The first-order valence-electron chi connectivity index (χ1n) is 12.4. The summed E-state index contributed by atoms with van der Waals surface area (Å²) < 4.78 is 0. The van der Waals surface area contributed by atoms with Crippen LogP contribution < -0.4 is 10.6 Å². The zero-order valence-electron chi connectivity index (χ0n) is 19.7. The fourth-order valence-electron chi connectivity index (χ4n) is 4.48. The maximum absolute atomic E-state index is 12.7. The molecule has 1 radical (unpaired) electrons. The number of nitrogens with one attached hydrogen (secondary N) is 2. The third-order valence-electron chi connectivity index (χ3n) is 6.44.